The maximum atomic E-state index is 10.3. The second kappa shape index (κ2) is 4.87. The van der Waals surface area contributed by atoms with Crippen LogP contribution >= 0.6 is 0 Å². The molecular weight excluding hydrogens is 148 g/mol. The van der Waals surface area contributed by atoms with Crippen LogP contribution in [0.5, 0.6) is 0 Å². The standard InChI is InChI=1S/C7H12O4/c1-3-4-11-6(5(2)8)7(9)10/h3,5-6,8H,1,4H2,2H3,(H,9,10). The third-order valence-electron chi connectivity index (χ3n) is 1.08. The average molecular weight is 160 g/mol. The largest absolute Gasteiger partial charge is 0.479 e. The zero-order valence-electron chi connectivity index (χ0n) is 6.36. The maximum absolute atomic E-state index is 10.3. The van der Waals surface area contributed by atoms with Gasteiger partial charge in [-0.1, -0.05) is 6.08 Å². The summed E-state index contributed by atoms with van der Waals surface area (Å²) < 4.78 is 4.75. The number of hydrogen-bond acceptors (Lipinski definition) is 3. The summed E-state index contributed by atoms with van der Waals surface area (Å²) in [6.45, 7) is 4.84. The monoisotopic (exact) mass is 160 g/mol. The fourth-order valence-corrected chi connectivity index (χ4v) is 0.589. The van der Waals surface area contributed by atoms with E-state index in [1.54, 1.807) is 0 Å². The van der Waals surface area contributed by atoms with Gasteiger partial charge in [-0.05, 0) is 6.92 Å². The number of carboxylic acids is 1. The molecule has 0 aliphatic rings. The summed E-state index contributed by atoms with van der Waals surface area (Å²) in [4.78, 5) is 10.3. The van der Waals surface area contributed by atoms with Gasteiger partial charge in [0.1, 0.15) is 0 Å². The van der Waals surface area contributed by atoms with E-state index in [1.807, 2.05) is 0 Å². The van der Waals surface area contributed by atoms with E-state index in [-0.39, 0.29) is 6.61 Å². The lowest BCUT2D eigenvalue weighted by atomic mass is 10.2. The van der Waals surface area contributed by atoms with Crippen LogP contribution in [-0.2, 0) is 9.53 Å². The predicted molar refractivity (Wildman–Crippen MR) is 39.3 cm³/mol. The fraction of sp³-hybridized carbons (Fsp3) is 0.571. The molecule has 4 heteroatoms. The van der Waals surface area contributed by atoms with Crippen molar-refractivity contribution in [3.05, 3.63) is 12.7 Å². The molecule has 0 aromatic carbocycles. The summed E-state index contributed by atoms with van der Waals surface area (Å²) in [7, 11) is 0. The molecule has 0 aliphatic carbocycles. The van der Waals surface area contributed by atoms with E-state index in [0.29, 0.717) is 0 Å². The first-order chi connectivity index (χ1) is 5.09. The van der Waals surface area contributed by atoms with Gasteiger partial charge >= 0.3 is 5.97 Å². The van der Waals surface area contributed by atoms with Crippen molar-refractivity contribution < 1.29 is 19.7 Å². The molecule has 0 amide bonds. The molecule has 11 heavy (non-hydrogen) atoms. The van der Waals surface area contributed by atoms with Crippen molar-refractivity contribution in [1.29, 1.82) is 0 Å². The Morgan fingerprint density at radius 3 is 2.64 bits per heavy atom. The number of aliphatic hydroxyl groups excluding tert-OH is 1. The third-order valence-corrected chi connectivity index (χ3v) is 1.08. The normalized spacial score (nSPS) is 15.5. The Labute approximate surface area is 65.1 Å². The molecule has 0 radical (unpaired) electrons. The van der Waals surface area contributed by atoms with Crippen LogP contribution in [0.2, 0.25) is 0 Å². The molecule has 4 nitrogen and oxygen atoms in total. The summed E-state index contributed by atoms with van der Waals surface area (Å²) in [5, 5.41) is 17.3. The first-order valence-electron chi connectivity index (χ1n) is 3.23. The molecule has 64 valence electrons. The highest BCUT2D eigenvalue weighted by molar-refractivity contribution is 5.72. The van der Waals surface area contributed by atoms with E-state index in [4.69, 9.17) is 14.9 Å². The number of rotatable bonds is 5. The first-order valence-corrected chi connectivity index (χ1v) is 3.23. The molecule has 0 fully saturated rings. The second-order valence-corrected chi connectivity index (χ2v) is 2.12. The van der Waals surface area contributed by atoms with Crippen molar-refractivity contribution in [2.45, 2.75) is 19.1 Å². The summed E-state index contributed by atoms with van der Waals surface area (Å²) in [6.07, 6.45) is -0.737. The van der Waals surface area contributed by atoms with E-state index in [1.165, 1.54) is 13.0 Å². The Bertz CT molecular complexity index is 141. The summed E-state index contributed by atoms with van der Waals surface area (Å²) in [5.41, 5.74) is 0. The molecule has 0 saturated heterocycles. The van der Waals surface area contributed by atoms with Gasteiger partial charge in [0, 0.05) is 0 Å². The van der Waals surface area contributed by atoms with Crippen molar-refractivity contribution >= 4 is 5.97 Å². The zero-order chi connectivity index (χ0) is 8.85. The van der Waals surface area contributed by atoms with E-state index in [2.05, 4.69) is 6.58 Å². The molecule has 0 aliphatic heterocycles. The second-order valence-electron chi connectivity index (χ2n) is 2.12. The van der Waals surface area contributed by atoms with E-state index in [9.17, 15) is 4.79 Å². The number of aliphatic hydroxyl groups is 1. The van der Waals surface area contributed by atoms with Gasteiger partial charge in [-0.3, -0.25) is 0 Å². The van der Waals surface area contributed by atoms with Crippen molar-refractivity contribution in [3.63, 3.8) is 0 Å². The highest BCUT2D eigenvalue weighted by Crippen LogP contribution is 1.98. The molecule has 2 N–H and O–H groups in total. The molecule has 2 unspecified atom stereocenters. The van der Waals surface area contributed by atoms with Gasteiger partial charge in [0.2, 0.25) is 0 Å². The van der Waals surface area contributed by atoms with Crippen molar-refractivity contribution in [2.24, 2.45) is 0 Å². The Morgan fingerprint density at radius 2 is 2.36 bits per heavy atom. The van der Waals surface area contributed by atoms with Crippen molar-refractivity contribution in [2.75, 3.05) is 6.61 Å². The molecule has 0 aromatic heterocycles. The van der Waals surface area contributed by atoms with Gasteiger partial charge < -0.3 is 14.9 Å². The van der Waals surface area contributed by atoms with Crippen LogP contribution < -0.4 is 0 Å². The Morgan fingerprint density at radius 1 is 1.82 bits per heavy atom. The molecule has 0 spiro atoms. The number of hydrogen-bond donors (Lipinski definition) is 2. The highest BCUT2D eigenvalue weighted by atomic mass is 16.5. The van der Waals surface area contributed by atoms with Crippen LogP contribution in [0, 0.1) is 0 Å². The fourth-order valence-electron chi connectivity index (χ4n) is 0.589. The van der Waals surface area contributed by atoms with Gasteiger partial charge in [-0.25, -0.2) is 4.79 Å². The predicted octanol–water partition coefficient (Wildman–Crippen LogP) is 0.0230. The zero-order valence-corrected chi connectivity index (χ0v) is 6.36. The van der Waals surface area contributed by atoms with E-state index in [0.717, 1.165) is 0 Å². The molecule has 0 bridgehead atoms. The summed E-state index contributed by atoms with van der Waals surface area (Å²) >= 11 is 0. The minimum absolute atomic E-state index is 0.127. The Balaban J connectivity index is 3.89. The quantitative estimate of drug-likeness (QED) is 0.556. The molecule has 0 saturated carbocycles. The van der Waals surface area contributed by atoms with Gasteiger partial charge in [-0.2, -0.15) is 0 Å². The Hall–Kier alpha value is -0.870. The topological polar surface area (TPSA) is 66.8 Å². The molecule has 0 heterocycles. The summed E-state index contributed by atoms with van der Waals surface area (Å²) in [6, 6.07) is 0. The van der Waals surface area contributed by atoms with Crippen molar-refractivity contribution in [1.82, 2.24) is 0 Å². The van der Waals surface area contributed by atoms with Crippen LogP contribution in [0.4, 0.5) is 0 Å². The number of carboxylic acid groups (broad SMARTS) is 1. The molecule has 0 aromatic rings. The minimum atomic E-state index is -1.16. The van der Waals surface area contributed by atoms with Crippen LogP contribution in [0.1, 0.15) is 6.92 Å². The highest BCUT2D eigenvalue weighted by Gasteiger charge is 2.22. The number of ether oxygens (including phenoxy) is 1. The lowest BCUT2D eigenvalue weighted by molar-refractivity contribution is -0.156. The van der Waals surface area contributed by atoms with Gasteiger partial charge in [-0.15, -0.1) is 6.58 Å². The maximum Gasteiger partial charge on any atom is 0.335 e. The lowest BCUT2D eigenvalue weighted by Crippen LogP contribution is -2.34. The smallest absolute Gasteiger partial charge is 0.335 e. The third kappa shape index (κ3) is 3.75. The van der Waals surface area contributed by atoms with Gasteiger partial charge in [0.25, 0.3) is 0 Å². The SMILES string of the molecule is C=CCOC(C(=O)O)C(C)O. The van der Waals surface area contributed by atoms with E-state index < -0.39 is 18.2 Å². The van der Waals surface area contributed by atoms with Gasteiger partial charge in [0.05, 0.1) is 12.7 Å². The summed E-state index contributed by atoms with van der Waals surface area (Å²) in [5.74, 6) is -1.16. The molecule has 2 atom stereocenters. The number of carbonyl (C=O) groups is 1. The van der Waals surface area contributed by atoms with Crippen LogP contribution in [-0.4, -0.2) is 35.0 Å². The Kier molecular flexibility index (Phi) is 4.49. The van der Waals surface area contributed by atoms with Crippen molar-refractivity contribution in [3.8, 4) is 0 Å². The van der Waals surface area contributed by atoms with E-state index >= 15 is 0 Å². The minimum Gasteiger partial charge on any atom is -0.479 e. The first kappa shape index (κ1) is 10.1. The van der Waals surface area contributed by atoms with Crippen LogP contribution in [0.3, 0.4) is 0 Å². The molecule has 0 rings (SSSR count). The van der Waals surface area contributed by atoms with Crippen LogP contribution in [0.25, 0.3) is 0 Å². The van der Waals surface area contributed by atoms with Crippen LogP contribution in [0.15, 0.2) is 12.7 Å². The lowest BCUT2D eigenvalue weighted by Gasteiger charge is -2.14. The van der Waals surface area contributed by atoms with Gasteiger partial charge in [0.15, 0.2) is 6.10 Å². The molecular formula is C7H12O4. The average Bonchev–Trinajstić information content (AvgIpc) is 1.87. The number of aliphatic carboxylic acids is 1.